The van der Waals surface area contributed by atoms with E-state index in [4.69, 9.17) is 4.74 Å². The fraction of sp³-hybridized carbons (Fsp3) is 0.667. The molecule has 0 aromatic rings. The van der Waals surface area contributed by atoms with Crippen LogP contribution >= 0.6 is 0 Å². The van der Waals surface area contributed by atoms with Crippen LogP contribution in [0.3, 0.4) is 0 Å². The molecule has 0 bridgehead atoms. The second kappa shape index (κ2) is 22.3. The van der Waals surface area contributed by atoms with Crippen molar-refractivity contribution in [2.75, 3.05) is 20.2 Å². The number of ether oxygens (including phenoxy) is 1. The second-order valence-electron chi connectivity index (χ2n) is 7.09. The molecule has 0 spiro atoms. The maximum Gasteiger partial charge on any atom is 0.407 e. The van der Waals surface area contributed by atoms with Gasteiger partial charge < -0.3 is 15.4 Å². The monoisotopic (exact) mass is 406 g/mol. The lowest BCUT2D eigenvalue weighted by Crippen LogP contribution is -2.30. The summed E-state index contributed by atoms with van der Waals surface area (Å²) in [5, 5.41) is 5.06. The van der Waals surface area contributed by atoms with Crippen molar-refractivity contribution in [1.29, 1.82) is 0 Å². The minimum absolute atomic E-state index is 0.230. The Hall–Kier alpha value is -2.04. The lowest BCUT2D eigenvalue weighted by atomic mass is 10.1. The van der Waals surface area contributed by atoms with Crippen LogP contribution in [0.1, 0.15) is 84.0 Å². The third-order valence-electron chi connectivity index (χ3n) is 4.46. The minimum Gasteiger partial charge on any atom is -0.439 e. The smallest absolute Gasteiger partial charge is 0.407 e. The third-order valence-corrected chi connectivity index (χ3v) is 4.46. The highest BCUT2D eigenvalue weighted by molar-refractivity contribution is 5.79. The van der Waals surface area contributed by atoms with Gasteiger partial charge in [-0.15, -0.1) is 0 Å². The zero-order valence-electron chi connectivity index (χ0n) is 18.6. The van der Waals surface area contributed by atoms with Gasteiger partial charge in [0.25, 0.3) is 5.91 Å². The Morgan fingerprint density at radius 1 is 0.759 bits per heavy atom. The van der Waals surface area contributed by atoms with E-state index in [-0.39, 0.29) is 12.5 Å². The standard InChI is InChI=1S/C24H42N2O3/c1-3-4-5-6-7-8-9-10-11-12-13-14-15-16-17-18-19-20-21-26-24(28)29-22-23(27)25-2/h4-5,7-8,10-11H,3,6,9,12-22H2,1-2H3,(H,25,27)(H,26,28). The summed E-state index contributed by atoms with van der Waals surface area (Å²) in [6.07, 6.45) is 27.0. The Bertz CT molecular complexity index is 485. The van der Waals surface area contributed by atoms with Crippen LogP contribution in [-0.2, 0) is 9.53 Å². The summed E-state index contributed by atoms with van der Waals surface area (Å²) in [5.74, 6) is -0.306. The molecular weight excluding hydrogens is 364 g/mol. The van der Waals surface area contributed by atoms with Crippen LogP contribution in [-0.4, -0.2) is 32.2 Å². The number of allylic oxidation sites excluding steroid dienone is 6. The quantitative estimate of drug-likeness (QED) is 0.222. The van der Waals surface area contributed by atoms with Gasteiger partial charge in [0.2, 0.25) is 0 Å². The molecule has 2 amide bonds. The molecule has 0 saturated carbocycles. The zero-order chi connectivity index (χ0) is 21.4. The summed E-state index contributed by atoms with van der Waals surface area (Å²) < 4.78 is 4.76. The molecule has 166 valence electrons. The Balaban J connectivity index is 3.27. The predicted molar refractivity (Wildman–Crippen MR) is 122 cm³/mol. The fourth-order valence-corrected chi connectivity index (χ4v) is 2.72. The van der Waals surface area contributed by atoms with Crippen molar-refractivity contribution < 1.29 is 14.3 Å². The van der Waals surface area contributed by atoms with Crippen LogP contribution in [0.4, 0.5) is 4.79 Å². The molecule has 5 heteroatoms. The molecule has 0 radical (unpaired) electrons. The maximum atomic E-state index is 11.3. The van der Waals surface area contributed by atoms with Gasteiger partial charge in [-0.2, -0.15) is 0 Å². The first-order valence-corrected chi connectivity index (χ1v) is 11.3. The first-order valence-electron chi connectivity index (χ1n) is 11.3. The van der Waals surface area contributed by atoms with Gasteiger partial charge in [0.15, 0.2) is 6.61 Å². The summed E-state index contributed by atoms with van der Waals surface area (Å²) in [6.45, 7) is 2.53. The van der Waals surface area contributed by atoms with Gasteiger partial charge in [-0.05, 0) is 38.5 Å². The highest BCUT2D eigenvalue weighted by atomic mass is 16.6. The number of carbonyl (C=O) groups is 2. The number of likely N-dealkylation sites (N-methyl/N-ethyl adjacent to an activating group) is 1. The van der Waals surface area contributed by atoms with Gasteiger partial charge in [-0.3, -0.25) is 4.79 Å². The molecule has 5 nitrogen and oxygen atoms in total. The van der Waals surface area contributed by atoms with Crippen LogP contribution in [0.2, 0.25) is 0 Å². The van der Waals surface area contributed by atoms with E-state index in [1.165, 1.54) is 52.0 Å². The van der Waals surface area contributed by atoms with Gasteiger partial charge in [-0.25, -0.2) is 4.79 Å². The molecule has 0 atom stereocenters. The summed E-state index contributed by atoms with van der Waals surface area (Å²) in [7, 11) is 1.51. The van der Waals surface area contributed by atoms with E-state index in [0.717, 1.165) is 32.1 Å². The summed E-state index contributed by atoms with van der Waals surface area (Å²) in [5.41, 5.74) is 0. The average molecular weight is 407 g/mol. The lowest BCUT2D eigenvalue weighted by molar-refractivity contribution is -0.123. The molecule has 0 aliphatic heterocycles. The van der Waals surface area contributed by atoms with Crippen LogP contribution < -0.4 is 10.6 Å². The molecule has 0 heterocycles. The van der Waals surface area contributed by atoms with E-state index in [2.05, 4.69) is 54.0 Å². The van der Waals surface area contributed by atoms with Crippen molar-refractivity contribution in [2.45, 2.75) is 84.0 Å². The van der Waals surface area contributed by atoms with Gasteiger partial charge >= 0.3 is 6.09 Å². The first kappa shape index (κ1) is 27.0. The highest BCUT2D eigenvalue weighted by Gasteiger charge is 2.04. The summed E-state index contributed by atoms with van der Waals surface area (Å²) >= 11 is 0. The Labute approximate surface area is 178 Å². The molecule has 0 saturated heterocycles. The van der Waals surface area contributed by atoms with Gasteiger partial charge in [0.1, 0.15) is 0 Å². The van der Waals surface area contributed by atoms with Crippen LogP contribution in [0.5, 0.6) is 0 Å². The van der Waals surface area contributed by atoms with Crippen molar-refractivity contribution in [1.82, 2.24) is 10.6 Å². The minimum atomic E-state index is -0.525. The van der Waals surface area contributed by atoms with Gasteiger partial charge in [-0.1, -0.05) is 81.9 Å². The third kappa shape index (κ3) is 22.1. The molecule has 0 aromatic carbocycles. The predicted octanol–water partition coefficient (Wildman–Crippen LogP) is 5.83. The number of unbranched alkanes of at least 4 members (excludes halogenated alkanes) is 8. The van der Waals surface area contributed by atoms with E-state index in [1.54, 1.807) is 0 Å². The number of amides is 2. The highest BCUT2D eigenvalue weighted by Crippen LogP contribution is 2.10. The van der Waals surface area contributed by atoms with E-state index in [1.807, 2.05) is 0 Å². The molecule has 0 unspecified atom stereocenters. The van der Waals surface area contributed by atoms with Crippen LogP contribution in [0.25, 0.3) is 0 Å². The lowest BCUT2D eigenvalue weighted by Gasteiger charge is -2.06. The molecule has 2 N–H and O–H groups in total. The Morgan fingerprint density at radius 3 is 1.93 bits per heavy atom. The van der Waals surface area contributed by atoms with Crippen molar-refractivity contribution in [3.8, 4) is 0 Å². The normalized spacial score (nSPS) is 11.5. The molecule has 0 aliphatic rings. The van der Waals surface area contributed by atoms with Crippen LogP contribution in [0, 0.1) is 0 Å². The van der Waals surface area contributed by atoms with Crippen molar-refractivity contribution in [3.05, 3.63) is 36.5 Å². The SMILES string of the molecule is CCC=CCC=CCC=CCCCCCCCCCCNC(=O)OCC(=O)NC. The van der Waals surface area contributed by atoms with E-state index >= 15 is 0 Å². The molecular formula is C24H42N2O3. The number of carbonyl (C=O) groups excluding carboxylic acids is 2. The molecule has 0 rings (SSSR count). The zero-order valence-corrected chi connectivity index (χ0v) is 18.6. The Morgan fingerprint density at radius 2 is 1.31 bits per heavy atom. The van der Waals surface area contributed by atoms with E-state index in [0.29, 0.717) is 6.54 Å². The first-order chi connectivity index (χ1) is 14.2. The average Bonchev–Trinajstić information content (AvgIpc) is 2.73. The summed E-state index contributed by atoms with van der Waals surface area (Å²) in [6, 6.07) is 0. The number of nitrogens with one attached hydrogen (secondary N) is 2. The number of hydrogen-bond donors (Lipinski definition) is 2. The molecule has 0 aromatic heterocycles. The van der Waals surface area contributed by atoms with Crippen molar-refractivity contribution in [2.24, 2.45) is 0 Å². The van der Waals surface area contributed by atoms with Crippen LogP contribution in [0.15, 0.2) is 36.5 Å². The fourth-order valence-electron chi connectivity index (χ4n) is 2.72. The maximum absolute atomic E-state index is 11.3. The number of alkyl carbamates (subject to hydrolysis) is 1. The summed E-state index contributed by atoms with van der Waals surface area (Å²) in [4.78, 5) is 22.3. The molecule has 0 fully saturated rings. The van der Waals surface area contributed by atoms with E-state index in [9.17, 15) is 9.59 Å². The number of rotatable bonds is 18. The topological polar surface area (TPSA) is 67.4 Å². The second-order valence-corrected chi connectivity index (χ2v) is 7.09. The van der Waals surface area contributed by atoms with E-state index < -0.39 is 6.09 Å². The van der Waals surface area contributed by atoms with Crippen molar-refractivity contribution in [3.63, 3.8) is 0 Å². The Kier molecular flexibility index (Phi) is 20.7. The number of hydrogen-bond acceptors (Lipinski definition) is 3. The molecule has 0 aliphatic carbocycles. The molecule has 29 heavy (non-hydrogen) atoms. The van der Waals surface area contributed by atoms with Gasteiger partial charge in [0.05, 0.1) is 0 Å². The van der Waals surface area contributed by atoms with Crippen molar-refractivity contribution >= 4 is 12.0 Å². The van der Waals surface area contributed by atoms with Gasteiger partial charge in [0, 0.05) is 13.6 Å². The largest absolute Gasteiger partial charge is 0.439 e.